The summed E-state index contributed by atoms with van der Waals surface area (Å²) in [6.07, 6.45) is -0.165. The average molecular weight is 674 g/mol. The molecule has 0 spiro atoms. The molecule has 0 aliphatic carbocycles. The number of imidazole rings is 2. The lowest BCUT2D eigenvalue weighted by molar-refractivity contribution is -0.0529. The first kappa shape index (κ1) is 29.2. The van der Waals surface area contributed by atoms with E-state index >= 15 is 0 Å². The molecule has 0 amide bonds. The van der Waals surface area contributed by atoms with Crippen molar-refractivity contribution < 1.29 is 37.0 Å². The smallest absolute Gasteiger partial charge is 0.386 e. The van der Waals surface area contributed by atoms with Crippen LogP contribution in [0.15, 0.2) is 29.6 Å². The van der Waals surface area contributed by atoms with Gasteiger partial charge >= 0.3 is 13.5 Å². The lowest BCUT2D eigenvalue weighted by Gasteiger charge is -2.26. The van der Waals surface area contributed by atoms with Crippen LogP contribution in [0.1, 0.15) is 30.9 Å². The Labute approximate surface area is 251 Å². The van der Waals surface area contributed by atoms with E-state index < -0.39 is 55.8 Å². The van der Waals surface area contributed by atoms with Crippen LogP contribution in [0.3, 0.4) is 0 Å². The van der Waals surface area contributed by atoms with Gasteiger partial charge in [-0.3, -0.25) is 23.4 Å². The van der Waals surface area contributed by atoms with Crippen molar-refractivity contribution in [3.05, 3.63) is 40.8 Å². The van der Waals surface area contributed by atoms with Crippen LogP contribution in [0, 0.1) is 0 Å². The number of ether oxygens (including phenoxy) is 2. The van der Waals surface area contributed by atoms with E-state index in [0.29, 0.717) is 17.0 Å². The van der Waals surface area contributed by atoms with Crippen molar-refractivity contribution in [1.29, 1.82) is 0 Å². The molecule has 22 heteroatoms. The van der Waals surface area contributed by atoms with Crippen molar-refractivity contribution in [2.24, 2.45) is 0 Å². The van der Waals surface area contributed by atoms with Gasteiger partial charge in [0.25, 0.3) is 5.56 Å². The second-order valence-electron chi connectivity index (χ2n) is 10.1. The second kappa shape index (κ2) is 10.8. The molecule has 4 unspecified atom stereocenters. The topological polar surface area (TPSA) is 238 Å². The van der Waals surface area contributed by atoms with Crippen molar-refractivity contribution >= 4 is 66.0 Å². The van der Waals surface area contributed by atoms with Gasteiger partial charge < -0.3 is 34.9 Å². The lowest BCUT2D eigenvalue weighted by atomic mass is 10.1. The SMILES string of the molecule is Nc1nc2c(ncn2C2O[C@@H]3COP(O)(=S)O[C@H]4C[C@H](c5cnc6c(N)ccnn56)OC4COP(=O)(S)O[C@@H]2C3)c(=O)[nH]1. The quantitative estimate of drug-likeness (QED) is 0.148. The summed E-state index contributed by atoms with van der Waals surface area (Å²) in [5, 5.41) is 4.30. The van der Waals surface area contributed by atoms with Gasteiger partial charge in [0.15, 0.2) is 23.0 Å². The molecule has 43 heavy (non-hydrogen) atoms. The zero-order chi connectivity index (χ0) is 30.1. The molecule has 3 aliphatic rings. The van der Waals surface area contributed by atoms with E-state index in [0.717, 1.165) is 0 Å². The number of fused-ring (bicyclic) bond motifs is 5. The third-order valence-corrected chi connectivity index (χ3v) is 10.5. The Bertz CT molecular complexity index is 1870. The van der Waals surface area contributed by atoms with E-state index in [1.54, 1.807) is 16.8 Å². The molecule has 0 radical (unpaired) electrons. The fourth-order valence-corrected chi connectivity index (χ4v) is 8.34. The maximum atomic E-state index is 13.5. The number of nitrogens with two attached hydrogens (primary N) is 2. The van der Waals surface area contributed by atoms with E-state index in [1.807, 2.05) is 0 Å². The van der Waals surface area contributed by atoms with Crippen LogP contribution in [-0.4, -0.2) is 76.6 Å². The van der Waals surface area contributed by atoms with Gasteiger partial charge in [-0.15, -0.1) is 0 Å². The summed E-state index contributed by atoms with van der Waals surface area (Å²) in [7, 11) is 0. The van der Waals surface area contributed by atoms with Crippen LogP contribution < -0.4 is 17.0 Å². The standard InChI is InChI=1S/C21H25N9O9P2S2/c22-10-1-2-26-30-11(5-24-17(10)30)12-4-13-15(37-12)7-35-41(33,43)39-14-3-9(6-34-40(32,42)38-13)36-20(14)29-8-25-16-18(29)27-21(23)28-19(16)31/h1-2,5,8-9,12-15,20H,3-4,6-7,22H2,(H,32,42)(H,33,43)(H3,23,27,28,31)/t9-,12+,13-,14+,15?,20?,40?,41?/m0/s1. The summed E-state index contributed by atoms with van der Waals surface area (Å²) in [6.45, 7) is -8.39. The Morgan fingerprint density at radius 2 is 1.93 bits per heavy atom. The molecule has 7 heterocycles. The number of thiol groups is 1. The average Bonchev–Trinajstić information content (AvgIpc) is 3.71. The van der Waals surface area contributed by atoms with E-state index in [4.69, 9.17) is 50.8 Å². The summed E-state index contributed by atoms with van der Waals surface area (Å²) < 4.78 is 51.9. The van der Waals surface area contributed by atoms with Gasteiger partial charge in [-0.25, -0.2) is 19.0 Å². The van der Waals surface area contributed by atoms with Crippen LogP contribution in [-0.2, 0) is 43.9 Å². The van der Waals surface area contributed by atoms with Crippen LogP contribution in [0.4, 0.5) is 11.6 Å². The van der Waals surface area contributed by atoms with Gasteiger partial charge in [-0.1, -0.05) is 12.2 Å². The maximum absolute atomic E-state index is 13.5. The zero-order valence-electron chi connectivity index (χ0n) is 21.9. The lowest BCUT2D eigenvalue weighted by Crippen LogP contribution is -2.29. The van der Waals surface area contributed by atoms with E-state index in [9.17, 15) is 14.3 Å². The third kappa shape index (κ3) is 5.62. The van der Waals surface area contributed by atoms with E-state index in [-0.39, 0.29) is 43.2 Å². The van der Waals surface area contributed by atoms with Crippen LogP contribution in [0.2, 0.25) is 0 Å². The van der Waals surface area contributed by atoms with Crippen molar-refractivity contribution in [2.45, 2.75) is 49.6 Å². The molecule has 4 aromatic heterocycles. The molecule has 2 bridgehead atoms. The number of hydrogen-bond acceptors (Lipinski definition) is 15. The molecule has 4 aromatic rings. The van der Waals surface area contributed by atoms with Gasteiger partial charge in [-0.05, 0) is 17.9 Å². The summed E-state index contributed by atoms with van der Waals surface area (Å²) in [4.78, 5) is 38.3. The molecule has 0 aromatic carbocycles. The fourth-order valence-electron chi connectivity index (χ4n) is 5.36. The first-order valence-electron chi connectivity index (χ1n) is 12.9. The predicted octanol–water partition coefficient (Wildman–Crippen LogP) is 1.22. The molecule has 3 fully saturated rings. The Balaban J connectivity index is 1.17. The van der Waals surface area contributed by atoms with Gasteiger partial charge in [0.1, 0.15) is 18.3 Å². The number of nitrogen functional groups attached to an aromatic ring is 2. The molecular formula is C21H25N9O9P2S2. The monoisotopic (exact) mass is 673 g/mol. The Kier molecular flexibility index (Phi) is 7.38. The number of rotatable bonds is 2. The first-order valence-corrected chi connectivity index (χ1v) is 18.2. The Hall–Kier alpha value is -2.48. The molecule has 18 nitrogen and oxygen atoms in total. The number of anilines is 2. The summed E-state index contributed by atoms with van der Waals surface area (Å²) >= 11 is 9.52. The zero-order valence-corrected chi connectivity index (χ0v) is 25.4. The second-order valence-corrected chi connectivity index (χ2v) is 15.7. The van der Waals surface area contributed by atoms with E-state index in [1.165, 1.54) is 17.1 Å². The van der Waals surface area contributed by atoms with Crippen molar-refractivity contribution in [1.82, 2.24) is 34.1 Å². The number of aromatic nitrogens is 7. The van der Waals surface area contributed by atoms with Crippen LogP contribution >= 0.6 is 25.8 Å². The molecule has 8 atom stereocenters. The van der Waals surface area contributed by atoms with Gasteiger partial charge in [0, 0.05) is 12.8 Å². The number of H-pyrrole nitrogens is 1. The number of nitrogens with zero attached hydrogens (tertiary/aromatic N) is 6. The van der Waals surface area contributed by atoms with Crippen molar-refractivity contribution in [2.75, 3.05) is 24.7 Å². The highest BCUT2D eigenvalue weighted by molar-refractivity contribution is 8.44. The molecule has 3 saturated heterocycles. The minimum absolute atomic E-state index is 0.0121. The Morgan fingerprint density at radius 1 is 1.09 bits per heavy atom. The van der Waals surface area contributed by atoms with Crippen molar-refractivity contribution in [3.8, 4) is 0 Å². The number of nitrogens with one attached hydrogen (secondary N) is 1. The molecular weight excluding hydrogens is 648 g/mol. The third-order valence-electron chi connectivity index (χ3n) is 7.22. The minimum Gasteiger partial charge on any atom is -0.396 e. The maximum Gasteiger partial charge on any atom is 0.386 e. The van der Waals surface area contributed by atoms with Gasteiger partial charge in [-0.2, -0.15) is 10.1 Å². The van der Waals surface area contributed by atoms with Gasteiger partial charge in [0.2, 0.25) is 5.95 Å². The molecule has 7 rings (SSSR count). The molecule has 230 valence electrons. The molecule has 0 saturated carbocycles. The van der Waals surface area contributed by atoms with E-state index in [2.05, 4.69) is 37.3 Å². The van der Waals surface area contributed by atoms with Crippen LogP contribution in [0.5, 0.6) is 0 Å². The largest absolute Gasteiger partial charge is 0.396 e. The molecule has 6 N–H and O–H groups in total. The summed E-state index contributed by atoms with van der Waals surface area (Å²) in [5.41, 5.74) is 12.8. The first-order chi connectivity index (χ1) is 20.5. The highest BCUT2D eigenvalue weighted by atomic mass is 32.7. The highest BCUT2D eigenvalue weighted by Gasteiger charge is 2.46. The highest BCUT2D eigenvalue weighted by Crippen LogP contribution is 2.58. The number of hydrogen-bond donors (Lipinski definition) is 5. The summed E-state index contributed by atoms with van der Waals surface area (Å²) in [6, 6.07) is 1.62. The predicted molar refractivity (Wildman–Crippen MR) is 155 cm³/mol. The van der Waals surface area contributed by atoms with Crippen molar-refractivity contribution in [3.63, 3.8) is 0 Å². The fraction of sp³-hybridized carbons (Fsp3) is 0.476. The molecule has 3 aliphatic heterocycles. The van der Waals surface area contributed by atoms with Gasteiger partial charge in [0.05, 0.1) is 55.5 Å². The minimum atomic E-state index is -4.06. The summed E-state index contributed by atoms with van der Waals surface area (Å²) in [5.74, 6) is -0.134. The normalized spacial score (nSPS) is 35.4. The Morgan fingerprint density at radius 3 is 2.77 bits per heavy atom. The van der Waals surface area contributed by atoms with Crippen LogP contribution in [0.25, 0.3) is 16.8 Å². The number of aromatic amines is 1.